The fourth-order valence-electron chi connectivity index (χ4n) is 2.37. The number of hydrogen-bond donors (Lipinski definition) is 1. The molecule has 2 heteroatoms. The molecular formula is C12H25NO. The second kappa shape index (κ2) is 6.41. The van der Waals surface area contributed by atoms with Crippen LogP contribution in [0.3, 0.4) is 0 Å². The van der Waals surface area contributed by atoms with E-state index in [-0.39, 0.29) is 0 Å². The van der Waals surface area contributed by atoms with Crippen molar-refractivity contribution < 1.29 is 4.74 Å². The van der Waals surface area contributed by atoms with Gasteiger partial charge in [-0.25, -0.2) is 0 Å². The van der Waals surface area contributed by atoms with Gasteiger partial charge in [-0.3, -0.25) is 0 Å². The monoisotopic (exact) mass is 199 g/mol. The van der Waals surface area contributed by atoms with Gasteiger partial charge in [0.1, 0.15) is 0 Å². The number of nitrogens with one attached hydrogen (secondary N) is 1. The average Bonchev–Trinajstić information content (AvgIpc) is 2.53. The lowest BCUT2D eigenvalue weighted by atomic mass is 9.97. The predicted molar refractivity (Wildman–Crippen MR) is 60.4 cm³/mol. The molecule has 2 unspecified atom stereocenters. The van der Waals surface area contributed by atoms with Crippen LogP contribution in [0.15, 0.2) is 0 Å². The van der Waals surface area contributed by atoms with Crippen LogP contribution in [0.25, 0.3) is 0 Å². The molecule has 0 spiro atoms. The van der Waals surface area contributed by atoms with Crippen molar-refractivity contribution >= 4 is 0 Å². The second-order valence-corrected chi connectivity index (χ2v) is 4.96. The smallest absolute Gasteiger partial charge is 0.0493 e. The van der Waals surface area contributed by atoms with Crippen LogP contribution in [-0.4, -0.2) is 26.8 Å². The minimum absolute atomic E-state index is 0.761. The van der Waals surface area contributed by atoms with Gasteiger partial charge >= 0.3 is 0 Å². The van der Waals surface area contributed by atoms with Gasteiger partial charge in [-0.2, -0.15) is 0 Å². The summed E-state index contributed by atoms with van der Waals surface area (Å²) in [5.74, 6) is 2.42. The van der Waals surface area contributed by atoms with Crippen molar-refractivity contribution in [2.45, 2.75) is 33.1 Å². The van der Waals surface area contributed by atoms with Crippen molar-refractivity contribution in [3.63, 3.8) is 0 Å². The molecule has 1 rings (SSSR count). The van der Waals surface area contributed by atoms with Crippen LogP contribution in [0, 0.1) is 17.8 Å². The van der Waals surface area contributed by atoms with E-state index >= 15 is 0 Å². The maximum atomic E-state index is 5.26. The molecule has 14 heavy (non-hydrogen) atoms. The van der Waals surface area contributed by atoms with Crippen molar-refractivity contribution in [1.82, 2.24) is 5.32 Å². The first kappa shape index (κ1) is 12.0. The zero-order valence-electron chi connectivity index (χ0n) is 9.88. The first-order valence-corrected chi connectivity index (χ1v) is 5.93. The molecule has 2 atom stereocenters. The van der Waals surface area contributed by atoms with E-state index in [9.17, 15) is 0 Å². The molecule has 84 valence electrons. The van der Waals surface area contributed by atoms with Crippen molar-refractivity contribution in [3.8, 4) is 0 Å². The van der Waals surface area contributed by atoms with Gasteiger partial charge in [0.25, 0.3) is 0 Å². The Morgan fingerprint density at radius 3 is 2.64 bits per heavy atom. The highest BCUT2D eigenvalue weighted by molar-refractivity contribution is 4.78. The largest absolute Gasteiger partial charge is 0.384 e. The van der Waals surface area contributed by atoms with Gasteiger partial charge in [-0.05, 0) is 43.7 Å². The van der Waals surface area contributed by atoms with E-state index in [2.05, 4.69) is 19.2 Å². The third-order valence-electron chi connectivity index (χ3n) is 3.16. The van der Waals surface area contributed by atoms with Gasteiger partial charge in [-0.15, -0.1) is 0 Å². The summed E-state index contributed by atoms with van der Waals surface area (Å²) in [6.45, 7) is 7.80. The summed E-state index contributed by atoms with van der Waals surface area (Å²) in [7, 11) is 1.82. The van der Waals surface area contributed by atoms with E-state index in [1.165, 1.54) is 25.8 Å². The molecule has 0 amide bonds. The first-order chi connectivity index (χ1) is 6.74. The third kappa shape index (κ3) is 3.97. The van der Waals surface area contributed by atoms with Crippen molar-refractivity contribution in [1.29, 1.82) is 0 Å². The van der Waals surface area contributed by atoms with E-state index in [4.69, 9.17) is 4.74 Å². The quantitative estimate of drug-likeness (QED) is 0.708. The van der Waals surface area contributed by atoms with Crippen LogP contribution in [0.1, 0.15) is 33.1 Å². The van der Waals surface area contributed by atoms with Crippen LogP contribution >= 0.6 is 0 Å². The highest BCUT2D eigenvalue weighted by Gasteiger charge is 2.26. The van der Waals surface area contributed by atoms with Crippen molar-refractivity contribution in [3.05, 3.63) is 0 Å². The lowest BCUT2D eigenvalue weighted by Crippen LogP contribution is -2.29. The number of ether oxygens (including phenoxy) is 1. The molecule has 2 nitrogen and oxygen atoms in total. The molecule has 0 aromatic rings. The van der Waals surface area contributed by atoms with Gasteiger partial charge in [0, 0.05) is 13.7 Å². The fourth-order valence-corrected chi connectivity index (χ4v) is 2.37. The first-order valence-electron chi connectivity index (χ1n) is 5.93. The molecule has 1 fully saturated rings. The van der Waals surface area contributed by atoms with Crippen LogP contribution in [0.4, 0.5) is 0 Å². The summed E-state index contributed by atoms with van der Waals surface area (Å²) in [4.78, 5) is 0. The van der Waals surface area contributed by atoms with Gasteiger partial charge < -0.3 is 10.1 Å². The van der Waals surface area contributed by atoms with Crippen LogP contribution < -0.4 is 5.32 Å². The molecule has 0 aromatic carbocycles. The van der Waals surface area contributed by atoms with Crippen LogP contribution in [0.2, 0.25) is 0 Å². The topological polar surface area (TPSA) is 21.3 Å². The van der Waals surface area contributed by atoms with Crippen LogP contribution in [-0.2, 0) is 4.74 Å². The molecule has 0 aliphatic heterocycles. The zero-order valence-corrected chi connectivity index (χ0v) is 9.88. The Labute approximate surface area is 88.4 Å². The Hall–Kier alpha value is -0.0800. The fraction of sp³-hybridized carbons (Fsp3) is 1.00. The number of rotatable bonds is 6. The maximum Gasteiger partial charge on any atom is 0.0493 e. The minimum Gasteiger partial charge on any atom is -0.384 e. The lowest BCUT2D eigenvalue weighted by Gasteiger charge is -2.19. The van der Waals surface area contributed by atoms with E-state index in [0.29, 0.717) is 0 Å². The number of methoxy groups -OCH3 is 1. The Balaban J connectivity index is 2.15. The SMILES string of the molecule is COCC1CCCC1CNCC(C)C. The molecule has 1 aliphatic rings. The summed E-state index contributed by atoms with van der Waals surface area (Å²) in [6.07, 6.45) is 4.14. The molecule has 1 N–H and O–H groups in total. The van der Waals surface area contributed by atoms with E-state index in [0.717, 1.165) is 30.9 Å². The maximum absolute atomic E-state index is 5.26. The lowest BCUT2D eigenvalue weighted by molar-refractivity contribution is 0.132. The summed E-state index contributed by atoms with van der Waals surface area (Å²) >= 11 is 0. The summed E-state index contributed by atoms with van der Waals surface area (Å²) in [5.41, 5.74) is 0. The summed E-state index contributed by atoms with van der Waals surface area (Å²) < 4.78 is 5.26. The van der Waals surface area contributed by atoms with Gasteiger partial charge in [0.2, 0.25) is 0 Å². The van der Waals surface area contributed by atoms with E-state index in [1.807, 2.05) is 7.11 Å². The molecule has 1 aliphatic carbocycles. The van der Waals surface area contributed by atoms with Crippen molar-refractivity contribution in [2.75, 3.05) is 26.8 Å². The van der Waals surface area contributed by atoms with Crippen LogP contribution in [0.5, 0.6) is 0 Å². The summed E-state index contributed by atoms with van der Waals surface area (Å²) in [5, 5.41) is 3.56. The normalized spacial score (nSPS) is 27.4. The van der Waals surface area contributed by atoms with Gasteiger partial charge in [0.05, 0.1) is 0 Å². The second-order valence-electron chi connectivity index (χ2n) is 4.96. The van der Waals surface area contributed by atoms with Gasteiger partial charge in [-0.1, -0.05) is 20.3 Å². The number of hydrogen-bond acceptors (Lipinski definition) is 2. The molecular weight excluding hydrogens is 174 g/mol. The van der Waals surface area contributed by atoms with E-state index < -0.39 is 0 Å². The minimum atomic E-state index is 0.761. The van der Waals surface area contributed by atoms with Crippen molar-refractivity contribution in [2.24, 2.45) is 17.8 Å². The van der Waals surface area contributed by atoms with E-state index in [1.54, 1.807) is 0 Å². The highest BCUT2D eigenvalue weighted by atomic mass is 16.5. The molecule has 0 heterocycles. The standard InChI is InChI=1S/C12H25NO/c1-10(2)7-13-8-11-5-4-6-12(11)9-14-3/h10-13H,4-9H2,1-3H3. The summed E-state index contributed by atoms with van der Waals surface area (Å²) in [6, 6.07) is 0. The average molecular weight is 199 g/mol. The Morgan fingerprint density at radius 1 is 1.29 bits per heavy atom. The Bertz CT molecular complexity index is 147. The Morgan fingerprint density at radius 2 is 2.00 bits per heavy atom. The molecule has 0 saturated heterocycles. The highest BCUT2D eigenvalue weighted by Crippen LogP contribution is 2.31. The Kier molecular flexibility index (Phi) is 5.49. The molecule has 0 bridgehead atoms. The molecule has 1 saturated carbocycles. The zero-order chi connectivity index (χ0) is 10.4. The molecule has 0 radical (unpaired) electrons. The van der Waals surface area contributed by atoms with Gasteiger partial charge in [0.15, 0.2) is 0 Å². The predicted octanol–water partition coefficient (Wildman–Crippen LogP) is 2.29. The molecule has 0 aromatic heterocycles. The third-order valence-corrected chi connectivity index (χ3v) is 3.16.